The van der Waals surface area contributed by atoms with E-state index in [9.17, 15) is 14.4 Å². The Morgan fingerprint density at radius 1 is 0.273 bits per heavy atom. The van der Waals surface area contributed by atoms with E-state index >= 15 is 0 Å². The summed E-state index contributed by atoms with van der Waals surface area (Å²) in [6, 6.07) is 0. The van der Waals surface area contributed by atoms with Crippen molar-refractivity contribution in [2.75, 3.05) is 13.2 Å². The zero-order valence-electron chi connectivity index (χ0n) is 51.0. The monoisotopic (exact) mass is 1070 g/mol. The maximum absolute atomic E-state index is 12.8. The summed E-state index contributed by atoms with van der Waals surface area (Å²) in [5, 5.41) is 0. The third-order valence-corrected chi connectivity index (χ3v) is 14.4. The minimum absolute atomic E-state index is 0.0772. The third kappa shape index (κ3) is 63.3. The van der Waals surface area contributed by atoms with E-state index in [0.717, 1.165) is 116 Å². The van der Waals surface area contributed by atoms with Gasteiger partial charge in [-0.05, 0) is 96.3 Å². The van der Waals surface area contributed by atoms with E-state index in [4.69, 9.17) is 14.2 Å². The standard InChI is InChI=1S/C71H124O6/c1-4-7-10-13-16-19-21-23-25-27-28-29-30-31-32-33-34-35-36-37-38-39-40-41-42-43-44-45-47-48-50-52-55-58-61-64-70(73)76-67-68(66-75-69(72)63-60-57-54-18-15-12-9-6-3)77-71(74)65-62-59-56-53-51-49-46-26-24-22-20-17-14-11-8-5-2/h7,10,16,19-20,22-23,25-26,28-29,31-32,46,68H,4-6,8-9,11-15,17-18,21,24,27,30,33-45,47-67H2,1-3H3/b10-7-,19-16-,22-20-,25-23-,29-28-,32-31-,46-26-. The highest BCUT2D eigenvalue weighted by molar-refractivity contribution is 5.71. The summed E-state index contributed by atoms with van der Waals surface area (Å²) in [6.45, 7) is 6.50. The molecular weight excluding hydrogens is 949 g/mol. The molecular formula is C71H124O6. The number of allylic oxidation sites excluding steroid dienone is 14. The maximum Gasteiger partial charge on any atom is 0.306 e. The van der Waals surface area contributed by atoms with Crippen molar-refractivity contribution in [3.8, 4) is 0 Å². The molecule has 444 valence electrons. The van der Waals surface area contributed by atoms with Gasteiger partial charge in [0, 0.05) is 19.3 Å². The zero-order valence-corrected chi connectivity index (χ0v) is 51.0. The van der Waals surface area contributed by atoms with Crippen LogP contribution in [0.5, 0.6) is 0 Å². The Morgan fingerprint density at radius 2 is 0.506 bits per heavy atom. The van der Waals surface area contributed by atoms with Gasteiger partial charge in [-0.15, -0.1) is 0 Å². The molecule has 0 aliphatic heterocycles. The van der Waals surface area contributed by atoms with E-state index in [1.54, 1.807) is 0 Å². The van der Waals surface area contributed by atoms with Crippen LogP contribution >= 0.6 is 0 Å². The van der Waals surface area contributed by atoms with E-state index in [1.807, 2.05) is 0 Å². The molecule has 0 spiro atoms. The fourth-order valence-corrected chi connectivity index (χ4v) is 9.44. The van der Waals surface area contributed by atoms with Crippen LogP contribution in [0.2, 0.25) is 0 Å². The van der Waals surface area contributed by atoms with Crippen molar-refractivity contribution in [1.82, 2.24) is 0 Å². The van der Waals surface area contributed by atoms with E-state index in [0.29, 0.717) is 19.3 Å². The van der Waals surface area contributed by atoms with Crippen LogP contribution in [-0.2, 0) is 28.6 Å². The van der Waals surface area contributed by atoms with Crippen LogP contribution in [0.25, 0.3) is 0 Å². The molecule has 0 aliphatic rings. The normalized spacial score (nSPS) is 12.6. The molecule has 77 heavy (non-hydrogen) atoms. The van der Waals surface area contributed by atoms with E-state index in [1.165, 1.54) is 173 Å². The Morgan fingerprint density at radius 3 is 0.805 bits per heavy atom. The molecule has 0 rings (SSSR count). The molecule has 1 unspecified atom stereocenters. The fraction of sp³-hybridized carbons (Fsp3) is 0.761. The average molecular weight is 1070 g/mol. The van der Waals surface area contributed by atoms with Gasteiger partial charge in [-0.3, -0.25) is 14.4 Å². The number of hydrogen-bond acceptors (Lipinski definition) is 6. The highest BCUT2D eigenvalue weighted by Crippen LogP contribution is 2.17. The summed E-state index contributed by atoms with van der Waals surface area (Å²) in [7, 11) is 0. The van der Waals surface area contributed by atoms with Crippen LogP contribution in [0, 0.1) is 0 Å². The first kappa shape index (κ1) is 73.6. The lowest BCUT2D eigenvalue weighted by molar-refractivity contribution is -0.167. The van der Waals surface area contributed by atoms with Crippen molar-refractivity contribution in [1.29, 1.82) is 0 Å². The average Bonchev–Trinajstić information content (AvgIpc) is 3.43. The largest absolute Gasteiger partial charge is 0.462 e. The predicted octanol–water partition coefficient (Wildman–Crippen LogP) is 22.7. The molecule has 0 N–H and O–H groups in total. The molecule has 6 heteroatoms. The molecule has 0 bridgehead atoms. The molecule has 0 saturated heterocycles. The molecule has 0 amide bonds. The van der Waals surface area contributed by atoms with Gasteiger partial charge < -0.3 is 14.2 Å². The number of esters is 3. The number of carbonyl (C=O) groups excluding carboxylic acids is 3. The lowest BCUT2D eigenvalue weighted by atomic mass is 10.0. The van der Waals surface area contributed by atoms with Crippen LogP contribution < -0.4 is 0 Å². The first-order chi connectivity index (χ1) is 38.0. The highest BCUT2D eigenvalue weighted by Gasteiger charge is 2.19. The van der Waals surface area contributed by atoms with E-state index in [2.05, 4.69) is 106 Å². The number of hydrogen-bond donors (Lipinski definition) is 0. The fourth-order valence-electron chi connectivity index (χ4n) is 9.44. The summed E-state index contributed by atoms with van der Waals surface area (Å²) in [5.74, 6) is -0.881. The van der Waals surface area contributed by atoms with Crippen molar-refractivity contribution < 1.29 is 28.6 Å². The van der Waals surface area contributed by atoms with Crippen LogP contribution in [0.15, 0.2) is 85.1 Å². The van der Waals surface area contributed by atoms with Crippen LogP contribution in [0.3, 0.4) is 0 Å². The topological polar surface area (TPSA) is 78.9 Å². The van der Waals surface area contributed by atoms with Gasteiger partial charge >= 0.3 is 17.9 Å². The van der Waals surface area contributed by atoms with Gasteiger partial charge in [0.2, 0.25) is 0 Å². The van der Waals surface area contributed by atoms with Crippen LogP contribution in [0.1, 0.15) is 329 Å². The molecule has 0 heterocycles. The van der Waals surface area contributed by atoms with Gasteiger partial charge in [-0.2, -0.15) is 0 Å². The molecule has 0 aromatic rings. The molecule has 0 radical (unpaired) electrons. The quantitative estimate of drug-likeness (QED) is 0.0261. The Labute approximate surface area is 477 Å². The second-order valence-corrected chi connectivity index (χ2v) is 22.0. The summed E-state index contributed by atoms with van der Waals surface area (Å²) in [5.41, 5.74) is 0. The summed E-state index contributed by atoms with van der Waals surface area (Å²) < 4.78 is 16.8. The Hall–Kier alpha value is -3.41. The van der Waals surface area contributed by atoms with Gasteiger partial charge in [0.1, 0.15) is 13.2 Å². The zero-order chi connectivity index (χ0) is 55.7. The van der Waals surface area contributed by atoms with Gasteiger partial charge in [-0.25, -0.2) is 0 Å². The molecule has 0 aromatic heterocycles. The van der Waals surface area contributed by atoms with Crippen molar-refractivity contribution >= 4 is 17.9 Å². The van der Waals surface area contributed by atoms with Gasteiger partial charge in [-0.1, -0.05) is 298 Å². The van der Waals surface area contributed by atoms with Gasteiger partial charge in [0.15, 0.2) is 6.10 Å². The maximum atomic E-state index is 12.8. The Balaban J connectivity index is 4.02. The van der Waals surface area contributed by atoms with Crippen molar-refractivity contribution in [2.24, 2.45) is 0 Å². The first-order valence-electron chi connectivity index (χ1n) is 33.1. The second kappa shape index (κ2) is 65.1. The van der Waals surface area contributed by atoms with Gasteiger partial charge in [0.05, 0.1) is 0 Å². The van der Waals surface area contributed by atoms with Crippen molar-refractivity contribution in [3.63, 3.8) is 0 Å². The smallest absolute Gasteiger partial charge is 0.306 e. The van der Waals surface area contributed by atoms with E-state index in [-0.39, 0.29) is 31.1 Å². The van der Waals surface area contributed by atoms with Crippen molar-refractivity contribution in [3.05, 3.63) is 85.1 Å². The predicted molar refractivity (Wildman–Crippen MR) is 334 cm³/mol. The summed E-state index contributed by atoms with van der Waals surface area (Å²) in [4.78, 5) is 38.1. The summed E-state index contributed by atoms with van der Waals surface area (Å²) >= 11 is 0. The molecule has 0 saturated carbocycles. The van der Waals surface area contributed by atoms with Gasteiger partial charge in [0.25, 0.3) is 0 Å². The number of rotatable bonds is 60. The lowest BCUT2D eigenvalue weighted by Crippen LogP contribution is -2.30. The molecule has 0 aliphatic carbocycles. The molecule has 1 atom stereocenters. The summed E-state index contributed by atoms with van der Waals surface area (Å²) in [6.07, 6.45) is 86.3. The third-order valence-electron chi connectivity index (χ3n) is 14.4. The van der Waals surface area contributed by atoms with Crippen molar-refractivity contribution in [2.45, 2.75) is 335 Å². The number of ether oxygens (including phenoxy) is 3. The number of carbonyl (C=O) groups is 3. The minimum Gasteiger partial charge on any atom is -0.462 e. The van der Waals surface area contributed by atoms with Crippen LogP contribution in [-0.4, -0.2) is 37.2 Å². The number of unbranched alkanes of at least 4 members (excludes halogenated alkanes) is 35. The molecule has 0 fully saturated rings. The molecule has 6 nitrogen and oxygen atoms in total. The van der Waals surface area contributed by atoms with Crippen LogP contribution in [0.4, 0.5) is 0 Å². The Kier molecular flexibility index (Phi) is 62.2. The highest BCUT2D eigenvalue weighted by atomic mass is 16.6. The lowest BCUT2D eigenvalue weighted by Gasteiger charge is -2.18. The first-order valence-corrected chi connectivity index (χ1v) is 33.1. The minimum atomic E-state index is -0.779. The SMILES string of the molecule is CC/C=C\C/C=C\C/C=C\C/C=C\C/C=C\CCCCCCCCCCCCCCCCCCCCCC(=O)OCC(COC(=O)CCCCCCCCCC)OC(=O)CCCCCCC/C=C\C/C=C\CCCCCC. The Bertz CT molecular complexity index is 1470. The second-order valence-electron chi connectivity index (χ2n) is 22.0. The molecule has 0 aromatic carbocycles. The van der Waals surface area contributed by atoms with E-state index < -0.39 is 6.10 Å².